The van der Waals surface area contributed by atoms with E-state index in [1.54, 1.807) is 23.4 Å². The van der Waals surface area contributed by atoms with Gasteiger partial charge in [-0.05, 0) is 61.5 Å². The van der Waals surface area contributed by atoms with Gasteiger partial charge >= 0.3 is 0 Å². The van der Waals surface area contributed by atoms with E-state index in [-0.39, 0.29) is 24.3 Å². The van der Waals surface area contributed by atoms with Crippen LogP contribution in [0.4, 0.5) is 5.69 Å². The Labute approximate surface area is 205 Å². The molecular formula is C27H31N3O3S. The van der Waals surface area contributed by atoms with E-state index < -0.39 is 6.04 Å². The molecule has 34 heavy (non-hydrogen) atoms. The van der Waals surface area contributed by atoms with Gasteiger partial charge in [0.25, 0.3) is 0 Å². The van der Waals surface area contributed by atoms with Crippen LogP contribution in [-0.4, -0.2) is 29.4 Å². The van der Waals surface area contributed by atoms with Gasteiger partial charge in [-0.25, -0.2) is 0 Å². The highest BCUT2D eigenvalue weighted by Crippen LogP contribution is 2.31. The number of ether oxygens (including phenoxy) is 1. The van der Waals surface area contributed by atoms with E-state index in [9.17, 15) is 9.59 Å². The van der Waals surface area contributed by atoms with Crippen LogP contribution in [0.3, 0.4) is 0 Å². The fourth-order valence-electron chi connectivity index (χ4n) is 4.44. The maximum atomic E-state index is 13.7. The number of thiophene rings is 1. The van der Waals surface area contributed by atoms with Gasteiger partial charge < -0.3 is 10.1 Å². The maximum absolute atomic E-state index is 13.7. The van der Waals surface area contributed by atoms with Gasteiger partial charge in [0.05, 0.1) is 13.0 Å². The van der Waals surface area contributed by atoms with Crippen molar-refractivity contribution in [2.24, 2.45) is 0 Å². The molecule has 1 aliphatic carbocycles. The van der Waals surface area contributed by atoms with E-state index in [4.69, 9.17) is 4.74 Å². The SMILES string of the molecule is CCOc1ccc(N(C(=O)Cc2cccs2)[C@H](C(=O)NC2CCCCC2)c2cccnc2)cc1. The third-order valence-electron chi connectivity index (χ3n) is 6.06. The summed E-state index contributed by atoms with van der Waals surface area (Å²) in [4.78, 5) is 34.3. The summed E-state index contributed by atoms with van der Waals surface area (Å²) in [6.07, 6.45) is 8.94. The van der Waals surface area contributed by atoms with Crippen LogP contribution in [0.5, 0.6) is 5.75 Å². The fraction of sp³-hybridized carbons (Fsp3) is 0.370. The lowest BCUT2D eigenvalue weighted by atomic mass is 9.94. The first-order valence-corrected chi connectivity index (χ1v) is 12.8. The zero-order valence-electron chi connectivity index (χ0n) is 19.5. The van der Waals surface area contributed by atoms with Crippen LogP contribution in [-0.2, 0) is 16.0 Å². The summed E-state index contributed by atoms with van der Waals surface area (Å²) >= 11 is 1.54. The topological polar surface area (TPSA) is 71.5 Å². The lowest BCUT2D eigenvalue weighted by Gasteiger charge is -2.33. The lowest BCUT2D eigenvalue weighted by Crippen LogP contribution is -2.47. The molecule has 0 saturated heterocycles. The summed E-state index contributed by atoms with van der Waals surface area (Å²) in [6.45, 7) is 2.49. The monoisotopic (exact) mass is 477 g/mol. The molecule has 0 radical (unpaired) electrons. The van der Waals surface area contributed by atoms with E-state index >= 15 is 0 Å². The molecule has 0 spiro atoms. The number of amides is 2. The van der Waals surface area contributed by atoms with Crippen LogP contribution < -0.4 is 15.0 Å². The first-order chi connectivity index (χ1) is 16.7. The Hall–Kier alpha value is -3.19. The molecule has 0 aliphatic heterocycles. The molecule has 1 N–H and O–H groups in total. The van der Waals surface area contributed by atoms with Crippen LogP contribution in [0, 0.1) is 0 Å². The second-order valence-electron chi connectivity index (χ2n) is 8.48. The van der Waals surface area contributed by atoms with E-state index in [2.05, 4.69) is 10.3 Å². The summed E-state index contributed by atoms with van der Waals surface area (Å²) in [5, 5.41) is 5.19. The van der Waals surface area contributed by atoms with Gasteiger partial charge in [0.2, 0.25) is 11.8 Å². The van der Waals surface area contributed by atoms with Crippen molar-refractivity contribution in [2.45, 2.75) is 57.5 Å². The molecule has 1 saturated carbocycles. The first kappa shape index (κ1) is 24.0. The van der Waals surface area contributed by atoms with Crippen molar-refractivity contribution in [3.05, 3.63) is 76.7 Å². The molecule has 178 valence electrons. The maximum Gasteiger partial charge on any atom is 0.248 e. The Morgan fingerprint density at radius 3 is 2.56 bits per heavy atom. The van der Waals surface area contributed by atoms with Crippen molar-refractivity contribution in [1.29, 1.82) is 0 Å². The molecule has 1 aromatic carbocycles. The number of nitrogens with one attached hydrogen (secondary N) is 1. The van der Waals surface area contributed by atoms with Gasteiger partial charge in [0.1, 0.15) is 11.8 Å². The minimum Gasteiger partial charge on any atom is -0.494 e. The third-order valence-corrected chi connectivity index (χ3v) is 6.93. The highest BCUT2D eigenvalue weighted by Gasteiger charge is 2.34. The van der Waals surface area contributed by atoms with Crippen molar-refractivity contribution in [1.82, 2.24) is 10.3 Å². The summed E-state index contributed by atoms with van der Waals surface area (Å²) in [6, 6.07) is 14.2. The molecule has 3 aromatic rings. The molecule has 1 atom stereocenters. The number of pyridine rings is 1. The first-order valence-electron chi connectivity index (χ1n) is 11.9. The van der Waals surface area contributed by atoms with Crippen LogP contribution in [0.1, 0.15) is 55.5 Å². The van der Waals surface area contributed by atoms with Gasteiger partial charge in [-0.15, -0.1) is 11.3 Å². The third kappa shape index (κ3) is 6.03. The Morgan fingerprint density at radius 2 is 1.91 bits per heavy atom. The van der Waals surface area contributed by atoms with Crippen molar-refractivity contribution < 1.29 is 14.3 Å². The summed E-state index contributed by atoms with van der Waals surface area (Å²) in [5.41, 5.74) is 1.34. The minimum absolute atomic E-state index is 0.134. The van der Waals surface area contributed by atoms with Gasteiger partial charge in [-0.3, -0.25) is 19.5 Å². The molecule has 2 aromatic heterocycles. The molecule has 1 fully saturated rings. The van der Waals surface area contributed by atoms with E-state index in [0.29, 0.717) is 17.9 Å². The van der Waals surface area contributed by atoms with Crippen molar-refractivity contribution in [2.75, 3.05) is 11.5 Å². The zero-order valence-corrected chi connectivity index (χ0v) is 20.3. The smallest absolute Gasteiger partial charge is 0.248 e. The van der Waals surface area contributed by atoms with E-state index in [0.717, 1.165) is 36.3 Å². The highest BCUT2D eigenvalue weighted by molar-refractivity contribution is 7.10. The Bertz CT molecular complexity index is 1050. The standard InChI is InChI=1S/C27H31N3O3S/c1-2-33-23-14-12-22(13-15-23)30(25(31)18-24-11-7-17-34-24)26(20-8-6-16-28-19-20)27(32)29-21-9-4-3-5-10-21/h6-8,11-17,19,21,26H,2-5,9-10,18H2,1H3,(H,29,32)/t26-/m0/s1. The second kappa shape index (κ2) is 11.8. The molecular weight excluding hydrogens is 446 g/mol. The second-order valence-corrected chi connectivity index (χ2v) is 9.51. The number of anilines is 1. The van der Waals surface area contributed by atoms with Gasteiger partial charge in [-0.2, -0.15) is 0 Å². The van der Waals surface area contributed by atoms with Crippen LogP contribution >= 0.6 is 11.3 Å². The van der Waals surface area contributed by atoms with Crippen LogP contribution in [0.25, 0.3) is 0 Å². The van der Waals surface area contributed by atoms with Crippen molar-refractivity contribution in [3.8, 4) is 5.75 Å². The normalized spacial score (nSPS) is 14.9. The zero-order chi connectivity index (χ0) is 23.8. The van der Waals surface area contributed by atoms with E-state index in [1.807, 2.05) is 54.8 Å². The largest absolute Gasteiger partial charge is 0.494 e. The molecule has 7 heteroatoms. The minimum atomic E-state index is -0.818. The van der Waals surface area contributed by atoms with Gasteiger partial charge in [-0.1, -0.05) is 31.4 Å². The highest BCUT2D eigenvalue weighted by atomic mass is 32.1. The Kier molecular flexibility index (Phi) is 8.31. The van der Waals surface area contributed by atoms with Crippen LogP contribution in [0.15, 0.2) is 66.3 Å². The predicted octanol–water partition coefficient (Wildman–Crippen LogP) is 5.31. The molecule has 1 aliphatic rings. The Morgan fingerprint density at radius 1 is 1.12 bits per heavy atom. The van der Waals surface area contributed by atoms with Gasteiger partial charge in [0, 0.05) is 34.6 Å². The number of hydrogen-bond donors (Lipinski definition) is 1. The quantitative estimate of drug-likeness (QED) is 0.454. The number of rotatable bonds is 9. The van der Waals surface area contributed by atoms with Crippen LogP contribution in [0.2, 0.25) is 0 Å². The number of carbonyl (C=O) groups is 2. The molecule has 6 nitrogen and oxygen atoms in total. The molecule has 0 unspecified atom stereocenters. The average molecular weight is 478 g/mol. The lowest BCUT2D eigenvalue weighted by molar-refractivity contribution is -0.127. The predicted molar refractivity (Wildman–Crippen MR) is 135 cm³/mol. The number of hydrogen-bond acceptors (Lipinski definition) is 5. The summed E-state index contributed by atoms with van der Waals surface area (Å²) < 4.78 is 5.59. The molecule has 0 bridgehead atoms. The molecule has 2 amide bonds. The fourth-order valence-corrected chi connectivity index (χ4v) is 5.13. The number of benzene rings is 1. The van der Waals surface area contributed by atoms with E-state index in [1.165, 1.54) is 17.8 Å². The van der Waals surface area contributed by atoms with Gasteiger partial charge in [0.15, 0.2) is 0 Å². The van der Waals surface area contributed by atoms with Crippen molar-refractivity contribution >= 4 is 28.8 Å². The Balaban J connectivity index is 1.71. The number of nitrogens with zero attached hydrogens (tertiary/aromatic N) is 2. The van der Waals surface area contributed by atoms with Crippen molar-refractivity contribution in [3.63, 3.8) is 0 Å². The number of aromatic nitrogens is 1. The molecule has 2 heterocycles. The summed E-state index contributed by atoms with van der Waals surface area (Å²) in [7, 11) is 0. The molecule has 4 rings (SSSR count). The summed E-state index contributed by atoms with van der Waals surface area (Å²) in [5.74, 6) is 0.411. The number of carbonyl (C=O) groups excluding carboxylic acids is 2. The average Bonchev–Trinajstić information content (AvgIpc) is 3.37.